The van der Waals surface area contributed by atoms with Crippen LogP contribution in [0.2, 0.25) is 5.28 Å². The summed E-state index contributed by atoms with van der Waals surface area (Å²) >= 11 is 5.75. The number of hydrogen-bond acceptors (Lipinski definition) is 5. The molecular formula is C14H21ClN4O2. The van der Waals surface area contributed by atoms with Crippen LogP contribution in [0.25, 0.3) is 0 Å². The molecule has 0 bridgehead atoms. The minimum Gasteiger partial charge on any atom is -0.364 e. The fraction of sp³-hybridized carbons (Fsp3) is 0.714. The molecule has 1 saturated carbocycles. The van der Waals surface area contributed by atoms with E-state index in [0.29, 0.717) is 12.5 Å². The highest BCUT2D eigenvalue weighted by Gasteiger charge is 2.34. The zero-order valence-electron chi connectivity index (χ0n) is 12.4. The number of nitrogens with zero attached hydrogens (tertiary/aromatic N) is 3. The lowest BCUT2D eigenvalue weighted by Crippen LogP contribution is -2.29. The molecule has 0 spiro atoms. The van der Waals surface area contributed by atoms with E-state index in [2.05, 4.69) is 29.1 Å². The van der Waals surface area contributed by atoms with E-state index in [9.17, 15) is 10.1 Å². The predicted molar refractivity (Wildman–Crippen MR) is 82.5 cm³/mol. The summed E-state index contributed by atoms with van der Waals surface area (Å²) < 4.78 is 0. The molecule has 1 N–H and O–H groups in total. The van der Waals surface area contributed by atoms with E-state index in [4.69, 9.17) is 11.6 Å². The number of aromatic nitrogens is 2. The van der Waals surface area contributed by atoms with Crippen molar-refractivity contribution in [3.05, 3.63) is 21.6 Å². The summed E-state index contributed by atoms with van der Waals surface area (Å²) in [6, 6.07) is 0. The number of hydrogen-bond donors (Lipinski definition) is 1. The first kappa shape index (κ1) is 15.9. The highest BCUT2D eigenvalue weighted by atomic mass is 35.5. The Bertz CT molecular complexity index is 516. The van der Waals surface area contributed by atoms with Crippen LogP contribution in [0.15, 0.2) is 6.20 Å². The van der Waals surface area contributed by atoms with Gasteiger partial charge in [-0.25, -0.2) is 4.98 Å². The summed E-state index contributed by atoms with van der Waals surface area (Å²) in [4.78, 5) is 18.2. The lowest BCUT2D eigenvalue weighted by atomic mass is 9.78. The van der Waals surface area contributed by atoms with E-state index in [-0.39, 0.29) is 22.2 Å². The minimum atomic E-state index is -0.484. The standard InChI is InChI=1S/C14H21ClN4O2/c1-10(2)7-14(5-3-4-6-14)9-17-12-11(19(20)21)8-16-13(15)18-12/h8,10H,3-7,9H2,1-2H3,(H,16,17,18). The molecular weight excluding hydrogens is 292 g/mol. The molecule has 1 heterocycles. The zero-order chi connectivity index (χ0) is 15.5. The maximum absolute atomic E-state index is 11.0. The first-order valence-electron chi connectivity index (χ1n) is 7.33. The Morgan fingerprint density at radius 2 is 2.14 bits per heavy atom. The Morgan fingerprint density at radius 1 is 1.48 bits per heavy atom. The summed E-state index contributed by atoms with van der Waals surface area (Å²) in [5.41, 5.74) is 0.0801. The molecule has 0 unspecified atom stereocenters. The van der Waals surface area contributed by atoms with Crippen molar-refractivity contribution in [3.8, 4) is 0 Å². The van der Waals surface area contributed by atoms with Gasteiger partial charge in [-0.15, -0.1) is 0 Å². The van der Waals surface area contributed by atoms with Crippen molar-refractivity contribution >= 4 is 23.1 Å². The van der Waals surface area contributed by atoms with E-state index < -0.39 is 4.92 Å². The van der Waals surface area contributed by atoms with E-state index in [1.165, 1.54) is 12.8 Å². The van der Waals surface area contributed by atoms with Crippen LogP contribution in [-0.2, 0) is 0 Å². The van der Waals surface area contributed by atoms with Gasteiger partial charge in [-0.3, -0.25) is 10.1 Å². The molecule has 1 aromatic heterocycles. The third-order valence-corrected chi connectivity index (χ3v) is 4.26. The third kappa shape index (κ3) is 4.03. The van der Waals surface area contributed by atoms with Crippen LogP contribution in [0, 0.1) is 21.4 Å². The number of nitrogens with one attached hydrogen (secondary N) is 1. The first-order valence-corrected chi connectivity index (χ1v) is 7.70. The number of anilines is 1. The third-order valence-electron chi connectivity index (χ3n) is 4.07. The molecule has 116 valence electrons. The summed E-state index contributed by atoms with van der Waals surface area (Å²) in [5.74, 6) is 0.823. The van der Waals surface area contributed by atoms with E-state index in [1.807, 2.05) is 0 Å². The van der Waals surface area contributed by atoms with Gasteiger partial charge in [0, 0.05) is 6.54 Å². The number of rotatable bonds is 6. The Hall–Kier alpha value is -1.43. The molecule has 0 amide bonds. The zero-order valence-corrected chi connectivity index (χ0v) is 13.2. The fourth-order valence-corrected chi connectivity index (χ4v) is 3.47. The maximum atomic E-state index is 11.0. The molecule has 0 aliphatic heterocycles. The molecule has 0 aromatic carbocycles. The second-order valence-electron chi connectivity index (χ2n) is 6.29. The Balaban J connectivity index is 2.14. The number of nitro groups is 1. The van der Waals surface area contributed by atoms with Crippen LogP contribution in [0.4, 0.5) is 11.5 Å². The fourth-order valence-electron chi connectivity index (χ4n) is 3.33. The molecule has 1 aliphatic carbocycles. The molecule has 21 heavy (non-hydrogen) atoms. The topological polar surface area (TPSA) is 81.0 Å². The molecule has 1 aliphatic rings. The van der Waals surface area contributed by atoms with Crippen molar-refractivity contribution in [2.24, 2.45) is 11.3 Å². The largest absolute Gasteiger partial charge is 0.364 e. The SMILES string of the molecule is CC(C)CC1(CNc2nc(Cl)ncc2[N+](=O)[O-])CCCC1. The summed E-state index contributed by atoms with van der Waals surface area (Å²) in [7, 11) is 0. The molecule has 0 atom stereocenters. The lowest BCUT2D eigenvalue weighted by molar-refractivity contribution is -0.384. The Kier molecular flexibility index (Phi) is 4.98. The van der Waals surface area contributed by atoms with Crippen molar-refractivity contribution in [3.63, 3.8) is 0 Å². The van der Waals surface area contributed by atoms with Gasteiger partial charge in [-0.05, 0) is 42.2 Å². The van der Waals surface area contributed by atoms with Crippen LogP contribution < -0.4 is 5.32 Å². The average molecular weight is 313 g/mol. The lowest BCUT2D eigenvalue weighted by Gasteiger charge is -2.31. The van der Waals surface area contributed by atoms with Crippen LogP contribution in [0.1, 0.15) is 46.0 Å². The molecule has 1 fully saturated rings. The van der Waals surface area contributed by atoms with Gasteiger partial charge in [0.25, 0.3) is 0 Å². The molecule has 1 aromatic rings. The van der Waals surface area contributed by atoms with Gasteiger partial charge < -0.3 is 5.32 Å². The van der Waals surface area contributed by atoms with Crippen LogP contribution in [-0.4, -0.2) is 21.4 Å². The summed E-state index contributed by atoms with van der Waals surface area (Å²) in [5, 5.41) is 14.2. The second kappa shape index (κ2) is 6.56. The van der Waals surface area contributed by atoms with E-state index >= 15 is 0 Å². The van der Waals surface area contributed by atoms with Gasteiger partial charge in [0.2, 0.25) is 11.1 Å². The van der Waals surface area contributed by atoms with Crippen molar-refractivity contribution in [1.29, 1.82) is 0 Å². The molecule has 6 nitrogen and oxygen atoms in total. The van der Waals surface area contributed by atoms with Crippen LogP contribution >= 0.6 is 11.6 Å². The summed E-state index contributed by atoms with van der Waals surface area (Å²) in [6.45, 7) is 5.12. The van der Waals surface area contributed by atoms with Gasteiger partial charge in [-0.2, -0.15) is 4.98 Å². The van der Waals surface area contributed by atoms with Gasteiger partial charge in [0.05, 0.1) is 4.92 Å². The predicted octanol–water partition coefficient (Wildman–Crippen LogP) is 4.06. The Labute approximate surface area is 129 Å². The molecule has 0 saturated heterocycles. The molecule has 0 radical (unpaired) electrons. The smallest absolute Gasteiger partial charge is 0.329 e. The van der Waals surface area contributed by atoms with Crippen LogP contribution in [0.5, 0.6) is 0 Å². The van der Waals surface area contributed by atoms with Gasteiger partial charge >= 0.3 is 5.69 Å². The van der Waals surface area contributed by atoms with Gasteiger partial charge in [-0.1, -0.05) is 26.7 Å². The quantitative estimate of drug-likeness (QED) is 0.486. The summed E-state index contributed by atoms with van der Waals surface area (Å²) in [6.07, 6.45) is 7.03. The average Bonchev–Trinajstić information content (AvgIpc) is 2.84. The van der Waals surface area contributed by atoms with Gasteiger partial charge in [0.15, 0.2) is 0 Å². The van der Waals surface area contributed by atoms with E-state index in [0.717, 1.165) is 25.5 Å². The highest BCUT2D eigenvalue weighted by molar-refractivity contribution is 6.28. The molecule has 2 rings (SSSR count). The minimum absolute atomic E-state index is 0.0208. The second-order valence-corrected chi connectivity index (χ2v) is 6.63. The van der Waals surface area contributed by atoms with Crippen molar-refractivity contribution < 1.29 is 4.92 Å². The highest BCUT2D eigenvalue weighted by Crippen LogP contribution is 2.43. The Morgan fingerprint density at radius 3 is 2.71 bits per heavy atom. The first-order chi connectivity index (χ1) is 9.92. The number of halogens is 1. The normalized spacial score (nSPS) is 17.1. The monoisotopic (exact) mass is 312 g/mol. The molecule has 7 heteroatoms. The van der Waals surface area contributed by atoms with Gasteiger partial charge in [0.1, 0.15) is 6.20 Å². The maximum Gasteiger partial charge on any atom is 0.329 e. The van der Waals surface area contributed by atoms with E-state index in [1.54, 1.807) is 0 Å². The van der Waals surface area contributed by atoms with Crippen molar-refractivity contribution in [2.45, 2.75) is 46.0 Å². The van der Waals surface area contributed by atoms with Crippen molar-refractivity contribution in [1.82, 2.24) is 9.97 Å². The van der Waals surface area contributed by atoms with Crippen LogP contribution in [0.3, 0.4) is 0 Å². The van der Waals surface area contributed by atoms with Crippen molar-refractivity contribution in [2.75, 3.05) is 11.9 Å².